The highest BCUT2D eigenvalue weighted by Gasteiger charge is 2.19. The maximum absolute atomic E-state index is 11.4. The standard InChI is InChI=1S/C16H20N4O2/c1-11(2)12-3-5-13(6-4-12)16-18-15(22-19-16)10-20-8-7-17-14(21)9-20/h3-6,11H,7-10H2,1-2H3,(H,17,21). The van der Waals surface area contributed by atoms with Crippen LogP contribution >= 0.6 is 0 Å². The van der Waals surface area contributed by atoms with Gasteiger partial charge in [0.15, 0.2) is 0 Å². The van der Waals surface area contributed by atoms with Gasteiger partial charge in [0.2, 0.25) is 17.6 Å². The van der Waals surface area contributed by atoms with Gasteiger partial charge in [-0.25, -0.2) is 0 Å². The van der Waals surface area contributed by atoms with Gasteiger partial charge in [-0.2, -0.15) is 4.98 Å². The smallest absolute Gasteiger partial charge is 0.241 e. The van der Waals surface area contributed by atoms with Gasteiger partial charge in [-0.05, 0) is 11.5 Å². The van der Waals surface area contributed by atoms with Crippen LogP contribution in [-0.4, -0.2) is 40.6 Å². The van der Waals surface area contributed by atoms with E-state index in [0.717, 1.165) is 12.1 Å². The van der Waals surface area contributed by atoms with Crippen LogP contribution in [0.4, 0.5) is 0 Å². The molecular weight excluding hydrogens is 280 g/mol. The van der Waals surface area contributed by atoms with Crippen molar-refractivity contribution < 1.29 is 9.32 Å². The summed E-state index contributed by atoms with van der Waals surface area (Å²) in [7, 11) is 0. The van der Waals surface area contributed by atoms with E-state index in [2.05, 4.69) is 41.4 Å². The molecule has 1 aliphatic heterocycles. The fraction of sp³-hybridized carbons (Fsp3) is 0.438. The Bertz CT molecular complexity index is 648. The Morgan fingerprint density at radius 1 is 1.32 bits per heavy atom. The summed E-state index contributed by atoms with van der Waals surface area (Å²) in [5.41, 5.74) is 2.22. The number of nitrogens with one attached hydrogen (secondary N) is 1. The van der Waals surface area contributed by atoms with Gasteiger partial charge >= 0.3 is 0 Å². The molecule has 0 radical (unpaired) electrons. The molecule has 2 aromatic rings. The minimum atomic E-state index is 0.0373. The lowest BCUT2D eigenvalue weighted by molar-refractivity contribution is -0.124. The van der Waals surface area contributed by atoms with E-state index in [1.165, 1.54) is 5.56 Å². The van der Waals surface area contributed by atoms with E-state index in [-0.39, 0.29) is 5.91 Å². The molecule has 1 saturated heterocycles. The summed E-state index contributed by atoms with van der Waals surface area (Å²) in [6.45, 7) is 6.67. The number of amides is 1. The molecule has 116 valence electrons. The highest BCUT2D eigenvalue weighted by atomic mass is 16.5. The molecule has 0 spiro atoms. The SMILES string of the molecule is CC(C)c1ccc(-c2noc(CN3CCNC(=O)C3)n2)cc1. The zero-order chi connectivity index (χ0) is 15.5. The number of aromatic nitrogens is 2. The third-order valence-electron chi connectivity index (χ3n) is 3.78. The quantitative estimate of drug-likeness (QED) is 0.932. The molecule has 1 fully saturated rings. The van der Waals surface area contributed by atoms with Crippen molar-refractivity contribution in [3.8, 4) is 11.4 Å². The van der Waals surface area contributed by atoms with Crippen LogP contribution in [0.15, 0.2) is 28.8 Å². The van der Waals surface area contributed by atoms with E-state index in [1.807, 2.05) is 17.0 Å². The van der Waals surface area contributed by atoms with Gasteiger partial charge in [0.25, 0.3) is 0 Å². The lowest BCUT2D eigenvalue weighted by Gasteiger charge is -2.24. The van der Waals surface area contributed by atoms with Crippen LogP contribution < -0.4 is 5.32 Å². The van der Waals surface area contributed by atoms with Crippen LogP contribution in [0, 0.1) is 0 Å². The number of hydrogen-bond donors (Lipinski definition) is 1. The second-order valence-electron chi connectivity index (χ2n) is 5.85. The molecule has 2 heterocycles. The summed E-state index contributed by atoms with van der Waals surface area (Å²) in [5.74, 6) is 1.67. The first-order valence-electron chi connectivity index (χ1n) is 7.54. The first kappa shape index (κ1) is 14.7. The van der Waals surface area contributed by atoms with Gasteiger partial charge in [-0.15, -0.1) is 0 Å². The van der Waals surface area contributed by atoms with E-state index in [9.17, 15) is 4.79 Å². The van der Waals surface area contributed by atoms with Gasteiger partial charge in [-0.3, -0.25) is 9.69 Å². The molecular formula is C16H20N4O2. The molecule has 0 bridgehead atoms. The minimum Gasteiger partial charge on any atom is -0.354 e. The lowest BCUT2D eigenvalue weighted by atomic mass is 10.0. The fourth-order valence-corrected chi connectivity index (χ4v) is 2.47. The largest absolute Gasteiger partial charge is 0.354 e. The van der Waals surface area contributed by atoms with Crippen LogP contribution in [0.25, 0.3) is 11.4 Å². The van der Waals surface area contributed by atoms with E-state index < -0.39 is 0 Å². The molecule has 1 aromatic heterocycles. The topological polar surface area (TPSA) is 71.3 Å². The molecule has 0 saturated carbocycles. The van der Waals surface area contributed by atoms with Crippen LogP contribution in [0.5, 0.6) is 0 Å². The molecule has 1 aromatic carbocycles. The average molecular weight is 300 g/mol. The zero-order valence-electron chi connectivity index (χ0n) is 12.9. The monoisotopic (exact) mass is 300 g/mol. The first-order valence-corrected chi connectivity index (χ1v) is 7.54. The molecule has 22 heavy (non-hydrogen) atoms. The van der Waals surface area contributed by atoms with Gasteiger partial charge in [0.1, 0.15) is 0 Å². The van der Waals surface area contributed by atoms with Gasteiger partial charge in [-0.1, -0.05) is 43.3 Å². The van der Waals surface area contributed by atoms with E-state index >= 15 is 0 Å². The molecule has 0 unspecified atom stereocenters. The molecule has 1 N–H and O–H groups in total. The predicted octanol–water partition coefficient (Wildman–Crippen LogP) is 1.79. The number of nitrogens with zero attached hydrogens (tertiary/aromatic N) is 3. The summed E-state index contributed by atoms with van der Waals surface area (Å²) in [6.07, 6.45) is 0. The summed E-state index contributed by atoms with van der Waals surface area (Å²) >= 11 is 0. The van der Waals surface area contributed by atoms with Gasteiger partial charge in [0, 0.05) is 18.7 Å². The Kier molecular flexibility index (Phi) is 4.20. The Hall–Kier alpha value is -2.21. The van der Waals surface area contributed by atoms with Gasteiger partial charge in [0.05, 0.1) is 13.1 Å². The number of benzene rings is 1. The van der Waals surface area contributed by atoms with Crippen molar-refractivity contribution in [1.29, 1.82) is 0 Å². The highest BCUT2D eigenvalue weighted by Crippen LogP contribution is 2.20. The normalized spacial score (nSPS) is 16.0. The number of hydrogen-bond acceptors (Lipinski definition) is 5. The summed E-state index contributed by atoms with van der Waals surface area (Å²) < 4.78 is 5.30. The van der Waals surface area contributed by atoms with Gasteiger partial charge < -0.3 is 9.84 Å². The summed E-state index contributed by atoms with van der Waals surface area (Å²) in [4.78, 5) is 17.8. The van der Waals surface area contributed by atoms with Crippen molar-refractivity contribution in [2.45, 2.75) is 26.3 Å². The van der Waals surface area contributed by atoms with Crippen LogP contribution in [0.2, 0.25) is 0 Å². The molecule has 1 amide bonds. The second kappa shape index (κ2) is 6.27. The lowest BCUT2D eigenvalue weighted by Crippen LogP contribution is -2.47. The van der Waals surface area contributed by atoms with E-state index in [0.29, 0.717) is 37.3 Å². The zero-order valence-corrected chi connectivity index (χ0v) is 12.9. The first-order chi connectivity index (χ1) is 10.6. The molecule has 3 rings (SSSR count). The Morgan fingerprint density at radius 3 is 2.77 bits per heavy atom. The molecule has 0 aliphatic carbocycles. The summed E-state index contributed by atoms with van der Waals surface area (Å²) in [5, 5.41) is 6.83. The summed E-state index contributed by atoms with van der Waals surface area (Å²) in [6, 6.07) is 8.20. The van der Waals surface area contributed by atoms with Crippen molar-refractivity contribution >= 4 is 5.91 Å². The van der Waals surface area contributed by atoms with Crippen LogP contribution in [0.1, 0.15) is 31.2 Å². The van der Waals surface area contributed by atoms with Crippen molar-refractivity contribution in [3.05, 3.63) is 35.7 Å². The molecule has 6 heteroatoms. The minimum absolute atomic E-state index is 0.0373. The molecule has 0 atom stereocenters. The Morgan fingerprint density at radius 2 is 2.09 bits per heavy atom. The second-order valence-corrected chi connectivity index (χ2v) is 5.85. The fourth-order valence-electron chi connectivity index (χ4n) is 2.47. The number of carbonyl (C=O) groups excluding carboxylic acids is 1. The van der Waals surface area contributed by atoms with Crippen LogP contribution in [0.3, 0.4) is 0 Å². The van der Waals surface area contributed by atoms with Crippen LogP contribution in [-0.2, 0) is 11.3 Å². The third kappa shape index (κ3) is 3.33. The average Bonchev–Trinajstić information content (AvgIpc) is 2.96. The highest BCUT2D eigenvalue weighted by molar-refractivity contribution is 5.78. The van der Waals surface area contributed by atoms with Crippen molar-refractivity contribution in [3.63, 3.8) is 0 Å². The Labute approximate surface area is 129 Å². The number of carbonyl (C=O) groups is 1. The third-order valence-corrected chi connectivity index (χ3v) is 3.78. The van der Waals surface area contributed by atoms with Crippen molar-refractivity contribution in [1.82, 2.24) is 20.4 Å². The molecule has 6 nitrogen and oxygen atoms in total. The Balaban J connectivity index is 1.69. The predicted molar refractivity (Wildman–Crippen MR) is 82.1 cm³/mol. The van der Waals surface area contributed by atoms with Crippen molar-refractivity contribution in [2.24, 2.45) is 0 Å². The van der Waals surface area contributed by atoms with Crippen molar-refractivity contribution in [2.75, 3.05) is 19.6 Å². The maximum atomic E-state index is 11.4. The van der Waals surface area contributed by atoms with E-state index in [4.69, 9.17) is 4.52 Å². The number of piperazine rings is 1. The number of rotatable bonds is 4. The van der Waals surface area contributed by atoms with E-state index in [1.54, 1.807) is 0 Å². The maximum Gasteiger partial charge on any atom is 0.241 e. The molecule has 1 aliphatic rings.